The molecule has 3 heterocycles. The van der Waals surface area contributed by atoms with Gasteiger partial charge in [0.25, 0.3) is 0 Å². The number of piperidine rings is 1. The summed E-state index contributed by atoms with van der Waals surface area (Å²) in [6, 6.07) is 0. The third-order valence-corrected chi connectivity index (χ3v) is 3.18. The van der Waals surface area contributed by atoms with Gasteiger partial charge in [-0.15, -0.1) is 0 Å². The van der Waals surface area contributed by atoms with Gasteiger partial charge in [0.15, 0.2) is 5.89 Å². The van der Waals surface area contributed by atoms with Gasteiger partial charge in [-0.25, -0.2) is 9.61 Å². The molecular weight excluding hydrogens is 220 g/mol. The van der Waals surface area contributed by atoms with E-state index >= 15 is 0 Å². The molecule has 2 aromatic rings. The zero-order chi connectivity index (χ0) is 11.5. The summed E-state index contributed by atoms with van der Waals surface area (Å²) in [6.45, 7) is 2.86. The van der Waals surface area contributed by atoms with E-state index in [1.165, 1.54) is 0 Å². The van der Waals surface area contributed by atoms with E-state index in [2.05, 4.69) is 24.8 Å². The normalized spacial score (nSPS) is 18.6. The van der Waals surface area contributed by atoms with Crippen LogP contribution in [0.5, 0.6) is 0 Å². The lowest BCUT2D eigenvalue weighted by atomic mass is 9.97. The van der Waals surface area contributed by atoms with Crippen molar-refractivity contribution < 1.29 is 9.05 Å². The van der Waals surface area contributed by atoms with Gasteiger partial charge >= 0.3 is 0 Å². The Morgan fingerprint density at radius 3 is 2.88 bits per heavy atom. The van der Waals surface area contributed by atoms with Gasteiger partial charge in [-0.05, 0) is 25.9 Å². The maximum Gasteiger partial charge on any atom is 0.197 e. The fourth-order valence-electron chi connectivity index (χ4n) is 2.26. The quantitative estimate of drug-likeness (QED) is 0.800. The SMILES string of the molecule is c1coc(C2CCN(Cc3cnon3)CC2)n1. The summed E-state index contributed by atoms with van der Waals surface area (Å²) in [4.78, 5) is 6.56. The van der Waals surface area contributed by atoms with Gasteiger partial charge in [0.1, 0.15) is 12.0 Å². The van der Waals surface area contributed by atoms with Crippen LogP contribution in [-0.2, 0) is 6.54 Å². The Hall–Kier alpha value is -1.69. The summed E-state index contributed by atoms with van der Waals surface area (Å²) in [7, 11) is 0. The van der Waals surface area contributed by atoms with E-state index in [4.69, 9.17) is 4.42 Å². The van der Waals surface area contributed by atoms with Gasteiger partial charge in [-0.2, -0.15) is 0 Å². The lowest BCUT2D eigenvalue weighted by Gasteiger charge is -2.29. The van der Waals surface area contributed by atoms with Crippen LogP contribution in [0.2, 0.25) is 0 Å². The van der Waals surface area contributed by atoms with Gasteiger partial charge in [0.2, 0.25) is 0 Å². The molecule has 0 bridgehead atoms. The minimum Gasteiger partial charge on any atom is -0.449 e. The van der Waals surface area contributed by atoms with E-state index in [1.807, 2.05) is 0 Å². The minimum absolute atomic E-state index is 0.455. The van der Waals surface area contributed by atoms with Crippen LogP contribution in [0.4, 0.5) is 0 Å². The monoisotopic (exact) mass is 234 g/mol. The van der Waals surface area contributed by atoms with Crippen molar-refractivity contribution in [2.75, 3.05) is 13.1 Å². The summed E-state index contributed by atoms with van der Waals surface area (Å²) in [5, 5.41) is 7.43. The van der Waals surface area contributed by atoms with E-state index in [0.29, 0.717) is 5.92 Å². The summed E-state index contributed by atoms with van der Waals surface area (Å²) in [5.41, 5.74) is 0.888. The predicted octanol–water partition coefficient (Wildman–Crippen LogP) is 1.44. The number of rotatable bonds is 3. The first-order valence-electron chi connectivity index (χ1n) is 5.80. The molecule has 0 radical (unpaired) electrons. The molecule has 1 fully saturated rings. The van der Waals surface area contributed by atoms with Crippen LogP contribution in [0.25, 0.3) is 0 Å². The third kappa shape index (κ3) is 2.36. The highest BCUT2D eigenvalue weighted by Gasteiger charge is 2.23. The number of oxazole rings is 1. The van der Waals surface area contributed by atoms with Crippen LogP contribution in [0.15, 0.2) is 27.7 Å². The fraction of sp³-hybridized carbons (Fsp3) is 0.545. The molecule has 0 aliphatic carbocycles. The Balaban J connectivity index is 1.54. The molecule has 90 valence electrons. The van der Waals surface area contributed by atoms with Crippen LogP contribution in [0.3, 0.4) is 0 Å². The third-order valence-electron chi connectivity index (χ3n) is 3.18. The number of nitrogens with zero attached hydrogens (tertiary/aromatic N) is 4. The molecule has 0 saturated carbocycles. The van der Waals surface area contributed by atoms with E-state index < -0.39 is 0 Å². The number of hydrogen-bond donors (Lipinski definition) is 0. The number of aromatic nitrogens is 3. The van der Waals surface area contributed by atoms with Crippen molar-refractivity contribution in [1.82, 2.24) is 20.2 Å². The molecule has 0 spiro atoms. The summed E-state index contributed by atoms with van der Waals surface area (Å²) in [6.07, 6.45) is 7.17. The van der Waals surface area contributed by atoms with Crippen molar-refractivity contribution in [3.63, 3.8) is 0 Å². The number of likely N-dealkylation sites (tertiary alicyclic amines) is 1. The van der Waals surface area contributed by atoms with Crippen LogP contribution < -0.4 is 0 Å². The predicted molar refractivity (Wildman–Crippen MR) is 58.1 cm³/mol. The molecule has 0 unspecified atom stereocenters. The zero-order valence-corrected chi connectivity index (χ0v) is 9.45. The first-order chi connectivity index (χ1) is 8.42. The van der Waals surface area contributed by atoms with Crippen LogP contribution in [0, 0.1) is 0 Å². The Labute approximate surface area is 98.6 Å². The first kappa shape index (κ1) is 10.5. The lowest BCUT2D eigenvalue weighted by molar-refractivity contribution is 0.187. The smallest absolute Gasteiger partial charge is 0.197 e. The Morgan fingerprint density at radius 1 is 1.35 bits per heavy atom. The standard InChI is InChI=1S/C11H14N4O2/c1-4-15(8-10-7-13-17-14-10)5-2-9(1)11-12-3-6-16-11/h3,6-7,9H,1-2,4-5,8H2. The second-order valence-corrected chi connectivity index (χ2v) is 4.32. The van der Waals surface area contributed by atoms with Crippen molar-refractivity contribution >= 4 is 0 Å². The fourth-order valence-corrected chi connectivity index (χ4v) is 2.26. The van der Waals surface area contributed by atoms with Crippen molar-refractivity contribution in [1.29, 1.82) is 0 Å². The molecule has 2 aromatic heterocycles. The molecule has 1 aliphatic heterocycles. The first-order valence-corrected chi connectivity index (χ1v) is 5.80. The van der Waals surface area contributed by atoms with Gasteiger partial charge < -0.3 is 4.42 Å². The largest absolute Gasteiger partial charge is 0.449 e. The highest BCUT2D eigenvalue weighted by molar-refractivity contribution is 4.96. The molecule has 3 rings (SSSR count). The highest BCUT2D eigenvalue weighted by atomic mass is 16.6. The molecular formula is C11H14N4O2. The maximum absolute atomic E-state index is 5.35. The maximum atomic E-state index is 5.35. The Bertz CT molecular complexity index is 432. The van der Waals surface area contributed by atoms with Gasteiger partial charge in [0.05, 0.1) is 12.4 Å². The molecule has 0 amide bonds. The number of hydrogen-bond acceptors (Lipinski definition) is 6. The van der Waals surface area contributed by atoms with Gasteiger partial charge in [0, 0.05) is 12.5 Å². The van der Waals surface area contributed by atoms with Crippen LogP contribution in [-0.4, -0.2) is 33.3 Å². The summed E-state index contributed by atoms with van der Waals surface area (Å²) in [5.74, 6) is 1.32. The lowest BCUT2D eigenvalue weighted by Crippen LogP contribution is -2.32. The van der Waals surface area contributed by atoms with E-state index in [9.17, 15) is 0 Å². The van der Waals surface area contributed by atoms with Crippen molar-refractivity contribution in [3.05, 3.63) is 30.2 Å². The van der Waals surface area contributed by atoms with Gasteiger partial charge in [-0.1, -0.05) is 10.3 Å². The minimum atomic E-state index is 0.455. The Morgan fingerprint density at radius 2 is 2.24 bits per heavy atom. The molecule has 6 nitrogen and oxygen atoms in total. The van der Waals surface area contributed by atoms with E-state index in [-0.39, 0.29) is 0 Å². The second-order valence-electron chi connectivity index (χ2n) is 4.32. The molecule has 0 atom stereocenters. The topological polar surface area (TPSA) is 68.2 Å². The highest BCUT2D eigenvalue weighted by Crippen LogP contribution is 2.27. The molecule has 1 saturated heterocycles. The van der Waals surface area contributed by atoms with Crippen LogP contribution in [0.1, 0.15) is 30.3 Å². The molecule has 0 N–H and O–H groups in total. The average Bonchev–Trinajstić information content (AvgIpc) is 3.01. The summed E-state index contributed by atoms with van der Waals surface area (Å²) >= 11 is 0. The average molecular weight is 234 g/mol. The second kappa shape index (κ2) is 4.67. The van der Waals surface area contributed by atoms with Crippen molar-refractivity contribution in [2.45, 2.75) is 25.3 Å². The molecule has 17 heavy (non-hydrogen) atoms. The molecule has 6 heteroatoms. The van der Waals surface area contributed by atoms with E-state index in [1.54, 1.807) is 18.7 Å². The van der Waals surface area contributed by atoms with Gasteiger partial charge in [-0.3, -0.25) is 4.90 Å². The van der Waals surface area contributed by atoms with Crippen molar-refractivity contribution in [3.8, 4) is 0 Å². The molecule has 1 aliphatic rings. The van der Waals surface area contributed by atoms with Crippen molar-refractivity contribution in [2.24, 2.45) is 0 Å². The van der Waals surface area contributed by atoms with E-state index in [0.717, 1.165) is 44.1 Å². The molecule has 0 aromatic carbocycles. The Kier molecular flexibility index (Phi) is 2.87. The van der Waals surface area contributed by atoms with Crippen LogP contribution >= 0.6 is 0 Å². The summed E-state index contributed by atoms with van der Waals surface area (Å²) < 4.78 is 9.93. The zero-order valence-electron chi connectivity index (χ0n) is 9.45.